The van der Waals surface area contributed by atoms with E-state index in [1.807, 2.05) is 25.1 Å². The van der Waals surface area contributed by atoms with Crippen LogP contribution in [0, 0.1) is 29.6 Å². The zero-order valence-corrected chi connectivity index (χ0v) is 19.5. The highest BCUT2D eigenvalue weighted by molar-refractivity contribution is 6.31. The van der Waals surface area contributed by atoms with Crippen LogP contribution >= 0.6 is 11.6 Å². The first-order valence-corrected chi connectivity index (χ1v) is 11.5. The third-order valence-electron chi connectivity index (χ3n) is 6.27. The number of rotatable bonds is 5. The molecule has 0 spiro atoms. The molecule has 0 unspecified atom stereocenters. The molecule has 0 aliphatic carbocycles. The Morgan fingerprint density at radius 2 is 1.77 bits per heavy atom. The number of hydrogen-bond acceptors (Lipinski definition) is 2. The smallest absolute Gasteiger partial charge is 0.201 e. The van der Waals surface area contributed by atoms with Crippen molar-refractivity contribution in [2.75, 3.05) is 0 Å². The predicted octanol–water partition coefficient (Wildman–Crippen LogP) is 7.02. The summed E-state index contributed by atoms with van der Waals surface area (Å²) in [6, 6.07) is 17.4. The highest BCUT2D eigenvalue weighted by Crippen LogP contribution is 2.35. The Labute approximate surface area is 205 Å². The van der Waals surface area contributed by atoms with Crippen LogP contribution in [0.25, 0.3) is 11.1 Å². The fourth-order valence-electron chi connectivity index (χ4n) is 4.47. The van der Waals surface area contributed by atoms with Gasteiger partial charge in [0.2, 0.25) is 5.69 Å². The molecule has 35 heavy (non-hydrogen) atoms. The number of benzene rings is 3. The highest BCUT2D eigenvalue weighted by atomic mass is 35.5. The summed E-state index contributed by atoms with van der Waals surface area (Å²) in [6.07, 6.45) is 2.13. The zero-order chi connectivity index (χ0) is 24.7. The Morgan fingerprint density at radius 1 is 1.00 bits per heavy atom. The van der Waals surface area contributed by atoms with Gasteiger partial charge in [-0.1, -0.05) is 35.9 Å². The normalized spacial score (nSPS) is 13.5. The van der Waals surface area contributed by atoms with Gasteiger partial charge in [-0.2, -0.15) is 4.73 Å². The molecule has 1 aliphatic rings. The number of halogens is 4. The van der Waals surface area contributed by atoms with E-state index in [2.05, 4.69) is 0 Å². The van der Waals surface area contributed by atoms with Crippen LogP contribution in [0.4, 0.5) is 18.9 Å². The maximum Gasteiger partial charge on any atom is 0.201 e. The van der Waals surface area contributed by atoms with E-state index < -0.39 is 17.6 Å². The molecule has 7 heteroatoms. The predicted molar refractivity (Wildman–Crippen MR) is 131 cm³/mol. The van der Waals surface area contributed by atoms with Gasteiger partial charge in [0.15, 0.2) is 12.0 Å². The molecule has 0 fully saturated rings. The van der Waals surface area contributed by atoms with Crippen molar-refractivity contribution in [3.63, 3.8) is 0 Å². The SMILES string of the molecule is Cc1ccc2c(c1)N=C([C@H](Cc1ccc(F)cc1)c1ccc(-c3c(F)ccc(Cl)c3F)c[n+]1[O-])C2. The number of hydrogen-bond donors (Lipinski definition) is 0. The van der Waals surface area contributed by atoms with Crippen molar-refractivity contribution in [3.05, 3.63) is 123 Å². The number of aromatic nitrogens is 1. The number of nitrogens with zero attached hydrogens (tertiary/aromatic N) is 2. The average Bonchev–Trinajstić information content (AvgIpc) is 3.25. The summed E-state index contributed by atoms with van der Waals surface area (Å²) in [7, 11) is 0. The van der Waals surface area contributed by atoms with Crippen LogP contribution in [0.3, 0.4) is 0 Å². The van der Waals surface area contributed by atoms with Crippen LogP contribution in [0.5, 0.6) is 0 Å². The van der Waals surface area contributed by atoms with Gasteiger partial charge in [-0.3, -0.25) is 4.99 Å². The molecule has 2 heterocycles. The fourth-order valence-corrected chi connectivity index (χ4v) is 4.63. The Bertz CT molecular complexity index is 1470. The van der Waals surface area contributed by atoms with E-state index in [0.29, 0.717) is 23.3 Å². The fraction of sp³-hybridized carbons (Fsp3) is 0.143. The molecule has 4 aromatic rings. The van der Waals surface area contributed by atoms with Crippen LogP contribution in [0.15, 0.2) is 77.9 Å². The molecular formula is C28H20ClF3N2O. The first-order valence-electron chi connectivity index (χ1n) is 11.1. The van der Waals surface area contributed by atoms with Gasteiger partial charge in [-0.05, 0) is 66.4 Å². The summed E-state index contributed by atoms with van der Waals surface area (Å²) < 4.78 is 43.1. The second-order valence-corrected chi connectivity index (χ2v) is 9.09. The van der Waals surface area contributed by atoms with Crippen LogP contribution in [0.2, 0.25) is 5.02 Å². The van der Waals surface area contributed by atoms with Crippen LogP contribution in [-0.4, -0.2) is 5.71 Å². The second-order valence-electron chi connectivity index (χ2n) is 8.68. The first kappa shape index (κ1) is 23.1. The summed E-state index contributed by atoms with van der Waals surface area (Å²) in [5.74, 6) is -2.50. The number of aryl methyl sites for hydroxylation is 1. The van der Waals surface area contributed by atoms with Gasteiger partial charge in [0.05, 0.1) is 27.8 Å². The minimum Gasteiger partial charge on any atom is -0.618 e. The van der Waals surface area contributed by atoms with Gasteiger partial charge in [0.25, 0.3) is 0 Å². The topological polar surface area (TPSA) is 39.3 Å². The third-order valence-corrected chi connectivity index (χ3v) is 6.56. The Balaban J connectivity index is 1.57. The molecule has 176 valence electrons. The van der Waals surface area contributed by atoms with E-state index in [0.717, 1.165) is 46.4 Å². The van der Waals surface area contributed by atoms with Gasteiger partial charge in [0, 0.05) is 18.2 Å². The number of fused-ring (bicyclic) bond motifs is 1. The minimum absolute atomic E-state index is 0.0778. The molecule has 5 rings (SSSR count). The zero-order valence-electron chi connectivity index (χ0n) is 18.7. The lowest BCUT2D eigenvalue weighted by Gasteiger charge is -2.18. The summed E-state index contributed by atoms with van der Waals surface area (Å²) in [6.45, 7) is 1.99. The summed E-state index contributed by atoms with van der Waals surface area (Å²) in [5.41, 5.74) is 4.74. The van der Waals surface area contributed by atoms with Crippen molar-refractivity contribution in [2.45, 2.75) is 25.7 Å². The number of aliphatic imine (C=N–C) groups is 1. The largest absolute Gasteiger partial charge is 0.618 e. The summed E-state index contributed by atoms with van der Waals surface area (Å²) in [5, 5.41) is 13.0. The molecule has 1 aliphatic heterocycles. The molecular weight excluding hydrogens is 473 g/mol. The van der Waals surface area contributed by atoms with Crippen LogP contribution in [0.1, 0.15) is 28.3 Å². The molecule has 1 aromatic heterocycles. The number of pyridine rings is 1. The lowest BCUT2D eigenvalue weighted by Crippen LogP contribution is -2.36. The Hall–Kier alpha value is -3.64. The molecule has 0 N–H and O–H groups in total. The molecule has 0 bridgehead atoms. The Kier molecular flexibility index (Phi) is 6.07. The summed E-state index contributed by atoms with van der Waals surface area (Å²) >= 11 is 5.83. The minimum atomic E-state index is -0.923. The highest BCUT2D eigenvalue weighted by Gasteiger charge is 2.30. The molecule has 1 atom stereocenters. The van der Waals surface area contributed by atoms with E-state index >= 15 is 0 Å². The van der Waals surface area contributed by atoms with Gasteiger partial charge in [-0.25, -0.2) is 13.2 Å². The molecule has 3 nitrogen and oxygen atoms in total. The van der Waals surface area contributed by atoms with Crippen molar-refractivity contribution in [2.24, 2.45) is 4.99 Å². The van der Waals surface area contributed by atoms with Crippen LogP contribution in [-0.2, 0) is 12.8 Å². The van der Waals surface area contributed by atoms with E-state index in [9.17, 15) is 18.4 Å². The standard InChI is InChI=1S/C28H20ClF3N2O/c1-16-2-5-18-14-25(33-24(18)12-16)21(13-17-3-7-20(30)8-4-17)26-11-6-19(15-34(26)35)27-23(31)10-9-22(29)28(27)32/h2-12,15,21H,13-14H2,1H3/t21-/m0/s1. The van der Waals surface area contributed by atoms with Crippen LogP contribution < -0.4 is 4.73 Å². The second kappa shape index (κ2) is 9.19. The van der Waals surface area contributed by atoms with E-state index in [1.54, 1.807) is 18.2 Å². The van der Waals surface area contributed by atoms with Crippen molar-refractivity contribution < 1.29 is 17.9 Å². The lowest BCUT2D eigenvalue weighted by molar-refractivity contribution is -0.614. The maximum atomic E-state index is 14.6. The van der Waals surface area contributed by atoms with Gasteiger partial charge in [-0.15, -0.1) is 0 Å². The molecule has 0 saturated carbocycles. The average molecular weight is 493 g/mol. The monoisotopic (exact) mass is 492 g/mol. The molecule has 0 saturated heterocycles. The quantitative estimate of drug-likeness (QED) is 0.167. The Morgan fingerprint density at radius 3 is 2.51 bits per heavy atom. The van der Waals surface area contributed by atoms with Gasteiger partial charge in [0.1, 0.15) is 11.6 Å². The molecule has 3 aromatic carbocycles. The molecule has 0 radical (unpaired) electrons. The third kappa shape index (κ3) is 4.54. The van der Waals surface area contributed by atoms with Gasteiger partial charge >= 0.3 is 0 Å². The first-order chi connectivity index (χ1) is 16.8. The van der Waals surface area contributed by atoms with E-state index in [1.165, 1.54) is 18.2 Å². The lowest BCUT2D eigenvalue weighted by atomic mass is 9.88. The van der Waals surface area contributed by atoms with Crippen molar-refractivity contribution in [1.82, 2.24) is 0 Å². The van der Waals surface area contributed by atoms with Crippen molar-refractivity contribution >= 4 is 23.0 Å². The van der Waals surface area contributed by atoms with Crippen molar-refractivity contribution in [1.29, 1.82) is 0 Å². The summed E-state index contributed by atoms with van der Waals surface area (Å²) in [4.78, 5) is 4.82. The van der Waals surface area contributed by atoms with Gasteiger partial charge < -0.3 is 5.21 Å². The molecule has 0 amide bonds. The van der Waals surface area contributed by atoms with E-state index in [-0.39, 0.29) is 22.0 Å². The van der Waals surface area contributed by atoms with E-state index in [4.69, 9.17) is 16.6 Å². The van der Waals surface area contributed by atoms with Crippen molar-refractivity contribution in [3.8, 4) is 11.1 Å². The maximum absolute atomic E-state index is 14.6.